The normalized spacial score (nSPS) is 24.1. The molecule has 1 aliphatic heterocycles. The first kappa shape index (κ1) is 19.0. The minimum atomic E-state index is -0.523. The molecule has 0 unspecified atom stereocenters. The lowest BCUT2D eigenvalue weighted by Crippen LogP contribution is -2.50. The van der Waals surface area contributed by atoms with Crippen molar-refractivity contribution in [2.45, 2.75) is 45.8 Å². The molecule has 0 aliphatic carbocycles. The van der Waals surface area contributed by atoms with Crippen LogP contribution in [0.4, 0.5) is 0 Å². The van der Waals surface area contributed by atoms with E-state index in [4.69, 9.17) is 4.74 Å². The van der Waals surface area contributed by atoms with Crippen molar-refractivity contribution in [3.63, 3.8) is 0 Å². The second-order valence-corrected chi connectivity index (χ2v) is 6.82. The Bertz CT molecular complexity index is 640. The third-order valence-electron chi connectivity index (χ3n) is 4.33. The van der Waals surface area contributed by atoms with E-state index in [1.807, 2.05) is 32.9 Å². The summed E-state index contributed by atoms with van der Waals surface area (Å²) in [7, 11) is 1.68. The molecule has 5 nitrogen and oxygen atoms in total. The number of carbonyl (C=O) groups excluding carboxylic acids is 2. The summed E-state index contributed by atoms with van der Waals surface area (Å²) < 4.78 is 5.98. The van der Waals surface area contributed by atoms with Gasteiger partial charge in [0.2, 0.25) is 5.91 Å². The first-order chi connectivity index (χ1) is 11.9. The lowest BCUT2D eigenvalue weighted by atomic mass is 10.0. The van der Waals surface area contributed by atoms with Crippen molar-refractivity contribution in [3.8, 4) is 5.75 Å². The molecular weight excluding hydrogens is 316 g/mol. The Morgan fingerprint density at radius 1 is 1.20 bits per heavy atom. The number of likely N-dealkylation sites (N-methyl/N-ethyl adjacent to an activating group) is 1. The number of rotatable bonds is 1. The summed E-state index contributed by atoms with van der Waals surface area (Å²) in [6.45, 7) is 6.44. The van der Waals surface area contributed by atoms with Crippen LogP contribution in [0.5, 0.6) is 5.75 Å². The molecule has 0 aromatic heterocycles. The van der Waals surface area contributed by atoms with Gasteiger partial charge in [0.05, 0.1) is 11.7 Å². The van der Waals surface area contributed by atoms with Crippen LogP contribution >= 0.6 is 0 Å². The Labute approximate surface area is 150 Å². The van der Waals surface area contributed by atoms with E-state index in [-0.39, 0.29) is 23.8 Å². The van der Waals surface area contributed by atoms with Crippen molar-refractivity contribution in [1.29, 1.82) is 0 Å². The molecule has 1 heterocycles. The van der Waals surface area contributed by atoms with Crippen LogP contribution in [-0.2, 0) is 4.79 Å². The molecule has 0 spiro atoms. The monoisotopic (exact) mass is 344 g/mol. The minimum Gasteiger partial charge on any atom is -0.490 e. The highest BCUT2D eigenvalue weighted by Gasteiger charge is 2.31. The van der Waals surface area contributed by atoms with Gasteiger partial charge in [0.25, 0.3) is 5.91 Å². The Morgan fingerprint density at radius 3 is 2.64 bits per heavy atom. The number of amides is 2. The van der Waals surface area contributed by atoms with Gasteiger partial charge in [0.15, 0.2) is 0 Å². The highest BCUT2D eigenvalue weighted by atomic mass is 16.5. The van der Waals surface area contributed by atoms with Crippen LogP contribution in [0.3, 0.4) is 0 Å². The van der Waals surface area contributed by atoms with Crippen LogP contribution < -0.4 is 10.1 Å². The first-order valence-electron chi connectivity index (χ1n) is 8.87. The molecule has 1 N–H and O–H groups in total. The topological polar surface area (TPSA) is 58.6 Å². The summed E-state index contributed by atoms with van der Waals surface area (Å²) in [6, 6.07) is 6.69. The molecule has 1 aromatic carbocycles. The number of benzene rings is 1. The van der Waals surface area contributed by atoms with Crippen molar-refractivity contribution in [3.05, 3.63) is 42.0 Å². The second kappa shape index (κ2) is 8.70. The van der Waals surface area contributed by atoms with Crippen molar-refractivity contribution < 1.29 is 14.3 Å². The second-order valence-electron chi connectivity index (χ2n) is 6.82. The molecule has 0 fully saturated rings. The Kier molecular flexibility index (Phi) is 6.62. The zero-order valence-corrected chi connectivity index (χ0v) is 15.5. The predicted octanol–water partition coefficient (Wildman–Crippen LogP) is 3.02. The summed E-state index contributed by atoms with van der Waals surface area (Å²) in [6.07, 6.45) is 5.59. The number of nitrogens with one attached hydrogen (secondary N) is 1. The molecule has 25 heavy (non-hydrogen) atoms. The number of nitrogens with zero attached hydrogens (tertiary/aromatic N) is 1. The van der Waals surface area contributed by atoms with Crippen LogP contribution in [0.1, 0.15) is 44.0 Å². The van der Waals surface area contributed by atoms with Gasteiger partial charge in [-0.05, 0) is 31.4 Å². The maximum Gasteiger partial charge on any atom is 0.258 e. The van der Waals surface area contributed by atoms with E-state index < -0.39 is 6.04 Å². The summed E-state index contributed by atoms with van der Waals surface area (Å²) in [5.41, 5.74) is 0.483. The molecule has 2 amide bonds. The zero-order valence-electron chi connectivity index (χ0n) is 15.5. The smallest absolute Gasteiger partial charge is 0.258 e. The van der Waals surface area contributed by atoms with E-state index in [0.29, 0.717) is 17.9 Å². The zero-order chi connectivity index (χ0) is 18.4. The van der Waals surface area contributed by atoms with Gasteiger partial charge in [-0.2, -0.15) is 0 Å². The van der Waals surface area contributed by atoms with Gasteiger partial charge in [-0.25, -0.2) is 0 Å². The molecule has 0 radical (unpaired) electrons. The van der Waals surface area contributed by atoms with E-state index in [9.17, 15) is 9.59 Å². The molecule has 136 valence electrons. The van der Waals surface area contributed by atoms with E-state index in [2.05, 4.69) is 17.5 Å². The standard InChI is InChI=1S/C20H28N2O3/c1-14(2)18-19(23)21-13-9-5-6-10-15(3)25-17-12-8-7-11-16(17)20(24)22(18)4/h5-8,11-12,14-15,18H,9-10,13H2,1-4H3,(H,21,23)/b6-5+/t15-,18+/m0/s1. The van der Waals surface area contributed by atoms with Crippen molar-refractivity contribution >= 4 is 11.8 Å². The summed E-state index contributed by atoms with van der Waals surface area (Å²) in [5, 5.41) is 2.94. The fraction of sp³-hybridized carbons (Fsp3) is 0.500. The third-order valence-corrected chi connectivity index (χ3v) is 4.33. The van der Waals surface area contributed by atoms with Gasteiger partial charge in [0, 0.05) is 20.0 Å². The molecule has 0 saturated heterocycles. The van der Waals surface area contributed by atoms with E-state index in [0.717, 1.165) is 12.8 Å². The largest absolute Gasteiger partial charge is 0.490 e. The van der Waals surface area contributed by atoms with Gasteiger partial charge in [-0.15, -0.1) is 0 Å². The van der Waals surface area contributed by atoms with Crippen molar-refractivity contribution in [2.75, 3.05) is 13.6 Å². The number of fused-ring (bicyclic) bond motifs is 1. The van der Waals surface area contributed by atoms with Crippen LogP contribution in [0, 0.1) is 5.92 Å². The first-order valence-corrected chi connectivity index (χ1v) is 8.87. The molecule has 1 aromatic rings. The Hall–Kier alpha value is -2.30. The molecule has 0 saturated carbocycles. The van der Waals surface area contributed by atoms with Crippen LogP contribution in [0.25, 0.3) is 0 Å². The van der Waals surface area contributed by atoms with Gasteiger partial charge in [0.1, 0.15) is 11.8 Å². The van der Waals surface area contributed by atoms with Gasteiger partial charge < -0.3 is 15.0 Å². The van der Waals surface area contributed by atoms with Gasteiger partial charge in [-0.3, -0.25) is 9.59 Å². The lowest BCUT2D eigenvalue weighted by Gasteiger charge is -2.31. The summed E-state index contributed by atoms with van der Waals surface area (Å²) in [4.78, 5) is 27.1. The van der Waals surface area contributed by atoms with E-state index in [1.54, 1.807) is 19.2 Å². The van der Waals surface area contributed by atoms with Crippen molar-refractivity contribution in [1.82, 2.24) is 10.2 Å². The fourth-order valence-electron chi connectivity index (χ4n) is 3.04. The average Bonchev–Trinajstić information content (AvgIpc) is 2.56. The van der Waals surface area contributed by atoms with Crippen molar-refractivity contribution in [2.24, 2.45) is 5.92 Å². The molecule has 2 atom stereocenters. The van der Waals surface area contributed by atoms with Crippen LogP contribution in [-0.4, -0.2) is 42.5 Å². The Balaban J connectivity index is 2.39. The predicted molar refractivity (Wildman–Crippen MR) is 98.6 cm³/mol. The number of hydrogen-bond donors (Lipinski definition) is 1. The average molecular weight is 344 g/mol. The number of hydrogen-bond acceptors (Lipinski definition) is 3. The van der Waals surface area contributed by atoms with Crippen LogP contribution in [0.2, 0.25) is 0 Å². The molecule has 2 rings (SSSR count). The Morgan fingerprint density at radius 2 is 1.92 bits per heavy atom. The lowest BCUT2D eigenvalue weighted by molar-refractivity contribution is -0.126. The highest BCUT2D eigenvalue weighted by molar-refractivity contribution is 5.99. The SMILES string of the molecule is CC(C)[C@@H]1C(=O)NCC/C=C/C[C@H](C)Oc2ccccc2C(=O)N1C. The number of ether oxygens (including phenoxy) is 1. The van der Waals surface area contributed by atoms with Gasteiger partial charge >= 0.3 is 0 Å². The molecule has 5 heteroatoms. The highest BCUT2D eigenvalue weighted by Crippen LogP contribution is 2.24. The van der Waals surface area contributed by atoms with Gasteiger partial charge in [-0.1, -0.05) is 38.1 Å². The third kappa shape index (κ3) is 4.84. The fourth-order valence-corrected chi connectivity index (χ4v) is 3.04. The quantitative estimate of drug-likeness (QED) is 0.797. The van der Waals surface area contributed by atoms with E-state index >= 15 is 0 Å². The molecular formula is C20H28N2O3. The molecule has 1 aliphatic rings. The minimum absolute atomic E-state index is 0.00408. The number of carbonyl (C=O) groups is 2. The summed E-state index contributed by atoms with van der Waals surface area (Å²) >= 11 is 0. The molecule has 0 bridgehead atoms. The van der Waals surface area contributed by atoms with Crippen LogP contribution in [0.15, 0.2) is 36.4 Å². The van der Waals surface area contributed by atoms with E-state index in [1.165, 1.54) is 4.90 Å². The summed E-state index contributed by atoms with van der Waals surface area (Å²) in [5.74, 6) is 0.233. The maximum atomic E-state index is 13.0. The maximum absolute atomic E-state index is 13.0. The number of para-hydroxylation sites is 1.